The standard InChI is InChI=1S/C15H20N6O2S3/c1-11-4-2-3-5-13(11)26(22,23)19-10-18-6-7-24-8-12-9-25-15(20-12)21-14(16)17/h2-5,9-10H,6-8H2,1H3,(H,18,19)(H4,16,17,20,21). The van der Waals surface area contributed by atoms with Crippen LogP contribution in [0.1, 0.15) is 11.3 Å². The molecule has 8 nitrogen and oxygen atoms in total. The summed E-state index contributed by atoms with van der Waals surface area (Å²) in [6, 6.07) is 6.79. The smallest absolute Gasteiger partial charge is 0.262 e. The second kappa shape index (κ2) is 9.55. The van der Waals surface area contributed by atoms with Crippen LogP contribution in [0.25, 0.3) is 0 Å². The third-order valence-corrected chi connectivity index (χ3v) is 6.32. The van der Waals surface area contributed by atoms with Gasteiger partial charge in [-0.05, 0) is 18.6 Å². The molecule has 0 aliphatic heterocycles. The Kier molecular flexibility index (Phi) is 7.42. The van der Waals surface area contributed by atoms with Crippen LogP contribution >= 0.6 is 23.1 Å². The van der Waals surface area contributed by atoms with Crippen molar-refractivity contribution in [3.8, 4) is 0 Å². The maximum Gasteiger partial charge on any atom is 0.262 e. The Morgan fingerprint density at radius 2 is 2.23 bits per heavy atom. The minimum Gasteiger partial charge on any atom is -0.370 e. The van der Waals surface area contributed by atoms with E-state index in [4.69, 9.17) is 11.1 Å². The maximum absolute atomic E-state index is 12.2. The van der Waals surface area contributed by atoms with Gasteiger partial charge in [0.05, 0.1) is 16.9 Å². The second-order valence-corrected chi connectivity index (χ2v) is 8.80. The van der Waals surface area contributed by atoms with Crippen LogP contribution in [0.5, 0.6) is 0 Å². The van der Waals surface area contributed by atoms with E-state index in [1.165, 1.54) is 17.7 Å². The molecule has 0 saturated carbocycles. The number of benzene rings is 1. The van der Waals surface area contributed by atoms with Gasteiger partial charge in [-0.25, -0.2) is 13.4 Å². The van der Waals surface area contributed by atoms with Gasteiger partial charge in [-0.1, -0.05) is 18.2 Å². The number of hydrogen-bond donors (Lipinski definition) is 4. The van der Waals surface area contributed by atoms with Crippen LogP contribution < -0.4 is 15.8 Å². The Bertz CT molecular complexity index is 879. The number of thiazole rings is 1. The van der Waals surface area contributed by atoms with Gasteiger partial charge in [0, 0.05) is 23.4 Å². The highest BCUT2D eigenvalue weighted by Gasteiger charge is 2.13. The SMILES string of the molecule is Cc1ccccc1S(=O)(=O)N/C=N/CCSCc1csc(NC(=N)N)n1. The van der Waals surface area contributed by atoms with E-state index in [0.29, 0.717) is 23.0 Å². The number of hydrogen-bond acceptors (Lipinski definition) is 7. The molecule has 26 heavy (non-hydrogen) atoms. The number of nitrogens with zero attached hydrogens (tertiary/aromatic N) is 2. The van der Waals surface area contributed by atoms with Crippen molar-refractivity contribution >= 4 is 50.6 Å². The highest BCUT2D eigenvalue weighted by Crippen LogP contribution is 2.19. The number of nitrogens with two attached hydrogens (primary N) is 1. The van der Waals surface area contributed by atoms with Crippen molar-refractivity contribution in [1.29, 1.82) is 5.41 Å². The average molecular weight is 413 g/mol. The molecule has 0 aliphatic carbocycles. The summed E-state index contributed by atoms with van der Waals surface area (Å²) in [5.41, 5.74) is 6.83. The topological polar surface area (TPSA) is 133 Å². The average Bonchev–Trinajstić information content (AvgIpc) is 3.00. The predicted molar refractivity (Wildman–Crippen MR) is 109 cm³/mol. The first-order valence-electron chi connectivity index (χ1n) is 7.58. The first-order valence-corrected chi connectivity index (χ1v) is 11.1. The predicted octanol–water partition coefficient (Wildman–Crippen LogP) is 2.00. The lowest BCUT2D eigenvalue weighted by Gasteiger charge is -2.06. The quantitative estimate of drug-likeness (QED) is 0.283. The normalized spacial score (nSPS) is 11.6. The first-order chi connectivity index (χ1) is 12.4. The number of aromatic nitrogens is 1. The van der Waals surface area contributed by atoms with Gasteiger partial charge in [0.2, 0.25) is 0 Å². The van der Waals surface area contributed by atoms with Gasteiger partial charge in [-0.2, -0.15) is 11.8 Å². The van der Waals surface area contributed by atoms with Crippen molar-refractivity contribution in [2.24, 2.45) is 10.7 Å². The van der Waals surface area contributed by atoms with Gasteiger partial charge < -0.3 is 11.1 Å². The molecular weight excluding hydrogens is 392 g/mol. The second-order valence-electron chi connectivity index (χ2n) is 5.16. The summed E-state index contributed by atoms with van der Waals surface area (Å²) in [4.78, 5) is 8.62. The summed E-state index contributed by atoms with van der Waals surface area (Å²) in [7, 11) is -3.58. The van der Waals surface area contributed by atoms with Gasteiger partial charge in [-0.3, -0.25) is 15.1 Å². The summed E-state index contributed by atoms with van der Waals surface area (Å²) >= 11 is 3.02. The summed E-state index contributed by atoms with van der Waals surface area (Å²) in [6.07, 6.45) is 1.22. The van der Waals surface area contributed by atoms with E-state index in [-0.39, 0.29) is 10.9 Å². The van der Waals surface area contributed by atoms with E-state index >= 15 is 0 Å². The first kappa shape index (κ1) is 20.2. The Morgan fingerprint density at radius 3 is 2.96 bits per heavy atom. The zero-order valence-electron chi connectivity index (χ0n) is 14.1. The molecule has 0 saturated heterocycles. The summed E-state index contributed by atoms with van der Waals surface area (Å²) in [5.74, 6) is 1.30. The van der Waals surface area contributed by atoms with Gasteiger partial charge >= 0.3 is 0 Å². The van der Waals surface area contributed by atoms with E-state index < -0.39 is 10.0 Å². The molecule has 11 heteroatoms. The van der Waals surface area contributed by atoms with E-state index in [9.17, 15) is 8.42 Å². The van der Waals surface area contributed by atoms with Crippen molar-refractivity contribution < 1.29 is 8.42 Å². The zero-order valence-corrected chi connectivity index (χ0v) is 16.5. The van der Waals surface area contributed by atoms with E-state index in [2.05, 4.69) is 20.0 Å². The fourth-order valence-corrected chi connectivity index (χ4v) is 4.59. The van der Waals surface area contributed by atoms with Gasteiger partial charge in [-0.15, -0.1) is 11.3 Å². The van der Waals surface area contributed by atoms with Crippen molar-refractivity contribution in [2.45, 2.75) is 17.6 Å². The fourth-order valence-electron chi connectivity index (χ4n) is 1.93. The maximum atomic E-state index is 12.2. The molecule has 5 N–H and O–H groups in total. The van der Waals surface area contributed by atoms with E-state index in [0.717, 1.165) is 11.4 Å². The number of sulfonamides is 1. The lowest BCUT2D eigenvalue weighted by Crippen LogP contribution is -2.23. The van der Waals surface area contributed by atoms with Crippen LogP contribution in [0.3, 0.4) is 0 Å². The molecule has 0 spiro atoms. The van der Waals surface area contributed by atoms with Crippen LogP contribution in [-0.4, -0.2) is 38.0 Å². The molecule has 0 atom stereocenters. The number of anilines is 1. The lowest BCUT2D eigenvalue weighted by atomic mass is 10.2. The lowest BCUT2D eigenvalue weighted by molar-refractivity contribution is 0.592. The van der Waals surface area contributed by atoms with E-state index in [1.54, 1.807) is 43.0 Å². The molecular formula is C15H20N6O2S3. The molecule has 0 aliphatic rings. The molecule has 0 bridgehead atoms. The Labute approximate surface area is 160 Å². The van der Waals surface area contributed by atoms with Crippen LogP contribution in [0, 0.1) is 12.3 Å². The molecule has 1 heterocycles. The van der Waals surface area contributed by atoms with Crippen molar-refractivity contribution in [1.82, 2.24) is 9.71 Å². The highest BCUT2D eigenvalue weighted by molar-refractivity contribution is 7.98. The van der Waals surface area contributed by atoms with Crippen LogP contribution in [0.15, 0.2) is 39.5 Å². The summed E-state index contributed by atoms with van der Waals surface area (Å²) in [6.45, 7) is 2.24. The monoisotopic (exact) mass is 412 g/mol. The van der Waals surface area contributed by atoms with E-state index in [1.807, 2.05) is 5.38 Å². The zero-order chi connectivity index (χ0) is 19.0. The minimum atomic E-state index is -3.58. The molecule has 1 aromatic heterocycles. The number of rotatable bonds is 9. The third-order valence-electron chi connectivity index (χ3n) is 3.09. The van der Waals surface area contributed by atoms with Gasteiger partial charge in [0.15, 0.2) is 11.1 Å². The van der Waals surface area contributed by atoms with Gasteiger partial charge in [0.25, 0.3) is 10.0 Å². The molecule has 0 fully saturated rings. The molecule has 0 amide bonds. The van der Waals surface area contributed by atoms with Crippen molar-refractivity contribution in [2.75, 3.05) is 17.6 Å². The van der Waals surface area contributed by atoms with Crippen molar-refractivity contribution in [3.05, 3.63) is 40.9 Å². The minimum absolute atomic E-state index is 0.138. The number of nitrogens with one attached hydrogen (secondary N) is 3. The van der Waals surface area contributed by atoms with Crippen LogP contribution in [0.4, 0.5) is 5.13 Å². The molecule has 1 aromatic carbocycles. The number of guanidine groups is 1. The largest absolute Gasteiger partial charge is 0.370 e. The number of aryl methyl sites for hydroxylation is 1. The molecule has 0 radical (unpaired) electrons. The molecule has 140 valence electrons. The highest BCUT2D eigenvalue weighted by atomic mass is 32.2. The summed E-state index contributed by atoms with van der Waals surface area (Å²) < 4.78 is 26.7. The molecule has 2 rings (SSSR count). The molecule has 0 unspecified atom stereocenters. The fraction of sp³-hybridized carbons (Fsp3) is 0.267. The van der Waals surface area contributed by atoms with Crippen molar-refractivity contribution in [3.63, 3.8) is 0 Å². The van der Waals surface area contributed by atoms with Gasteiger partial charge in [0.1, 0.15) is 0 Å². The van der Waals surface area contributed by atoms with Crippen LogP contribution in [0.2, 0.25) is 0 Å². The Hall–Kier alpha value is -2.11. The molecule has 2 aromatic rings. The number of thioether (sulfide) groups is 1. The third kappa shape index (κ3) is 6.32. The number of aliphatic imine (C=N–C) groups is 1. The Morgan fingerprint density at radius 1 is 1.46 bits per heavy atom. The Balaban J connectivity index is 1.70. The summed E-state index contributed by atoms with van der Waals surface area (Å²) in [5, 5.41) is 12.3. The van der Waals surface area contributed by atoms with Crippen LogP contribution in [-0.2, 0) is 15.8 Å².